The van der Waals surface area contributed by atoms with Crippen LogP contribution >= 0.6 is 0 Å². The Labute approximate surface area is 275 Å². The van der Waals surface area contributed by atoms with Gasteiger partial charge in [-0.05, 0) is 97.4 Å². The van der Waals surface area contributed by atoms with Crippen LogP contribution in [-0.4, -0.2) is 62.7 Å². The van der Waals surface area contributed by atoms with E-state index in [0.29, 0.717) is 53.9 Å². The van der Waals surface area contributed by atoms with Crippen molar-refractivity contribution in [2.45, 2.75) is 97.1 Å². The summed E-state index contributed by atoms with van der Waals surface area (Å²) in [6.07, 6.45) is 2.83. The van der Waals surface area contributed by atoms with Gasteiger partial charge in [0.2, 0.25) is 0 Å². The Bertz CT molecular complexity index is 1770. The number of aromatic nitrogens is 3. The highest BCUT2D eigenvalue weighted by Crippen LogP contribution is 2.39. The molecule has 1 fully saturated rings. The van der Waals surface area contributed by atoms with E-state index in [2.05, 4.69) is 11.8 Å². The number of piperidine rings is 1. The lowest BCUT2D eigenvalue weighted by molar-refractivity contribution is -0.160. The third-order valence-corrected chi connectivity index (χ3v) is 9.08. The van der Waals surface area contributed by atoms with Gasteiger partial charge >= 0.3 is 5.97 Å². The number of benzene rings is 2. The van der Waals surface area contributed by atoms with Crippen molar-refractivity contribution in [1.82, 2.24) is 14.6 Å². The van der Waals surface area contributed by atoms with E-state index in [-0.39, 0.29) is 17.5 Å². The number of fused-ring (bicyclic) bond motifs is 8. The summed E-state index contributed by atoms with van der Waals surface area (Å²) in [5, 5.41) is 15.5. The Morgan fingerprint density at radius 3 is 2.57 bits per heavy atom. The van der Waals surface area contributed by atoms with Gasteiger partial charge in [-0.25, -0.2) is 14.2 Å². The molecule has 2 unspecified atom stereocenters. The number of aliphatic carboxylic acids is 1. The third-order valence-electron chi connectivity index (χ3n) is 9.08. The summed E-state index contributed by atoms with van der Waals surface area (Å²) < 4.78 is 35.2. The molecule has 9 nitrogen and oxygen atoms in total. The van der Waals surface area contributed by atoms with Gasteiger partial charge in [0, 0.05) is 48.6 Å². The molecule has 0 spiro atoms. The number of hydrogen-bond donors (Lipinski definition) is 1. The molecule has 4 aromatic rings. The van der Waals surface area contributed by atoms with Gasteiger partial charge in [0.05, 0.1) is 28.6 Å². The molecule has 0 amide bonds. The van der Waals surface area contributed by atoms with E-state index in [4.69, 9.17) is 24.3 Å². The van der Waals surface area contributed by atoms with E-state index in [1.165, 1.54) is 12.1 Å². The Hall–Kier alpha value is -4.02. The molecule has 5 heterocycles. The quantitative estimate of drug-likeness (QED) is 0.242. The molecule has 6 bridgehead atoms. The molecule has 0 radical (unpaired) electrons. The minimum atomic E-state index is -1.24. The minimum Gasteiger partial charge on any atom is -0.490 e. The molecule has 2 aromatic heterocycles. The van der Waals surface area contributed by atoms with E-state index in [9.17, 15) is 14.3 Å². The van der Waals surface area contributed by atoms with Crippen LogP contribution in [0.15, 0.2) is 48.5 Å². The van der Waals surface area contributed by atoms with Crippen LogP contribution in [0.2, 0.25) is 0 Å². The van der Waals surface area contributed by atoms with E-state index < -0.39 is 17.7 Å². The summed E-state index contributed by atoms with van der Waals surface area (Å²) in [5.74, 6) is -0.265. The maximum Gasteiger partial charge on any atom is 0.337 e. The largest absolute Gasteiger partial charge is 0.490 e. The van der Waals surface area contributed by atoms with E-state index >= 15 is 0 Å². The average molecular weight is 645 g/mol. The molecule has 2 atom stereocenters. The van der Waals surface area contributed by atoms with Crippen LogP contribution in [-0.2, 0) is 14.3 Å². The monoisotopic (exact) mass is 644 g/mol. The summed E-state index contributed by atoms with van der Waals surface area (Å²) in [6, 6.07) is 14.5. The number of anilines is 1. The number of ether oxygens (including phenoxy) is 3. The lowest BCUT2D eigenvalue weighted by Gasteiger charge is -2.41. The van der Waals surface area contributed by atoms with Crippen LogP contribution in [0.5, 0.6) is 5.75 Å². The second kappa shape index (κ2) is 12.9. The smallest absolute Gasteiger partial charge is 0.337 e. The second-order valence-electron chi connectivity index (χ2n) is 14.1. The predicted octanol–water partition coefficient (Wildman–Crippen LogP) is 7.78. The zero-order valence-corrected chi connectivity index (χ0v) is 28.2. The van der Waals surface area contributed by atoms with Crippen LogP contribution in [0.3, 0.4) is 0 Å². The number of carboxylic acids is 1. The van der Waals surface area contributed by atoms with Gasteiger partial charge in [-0.2, -0.15) is 9.61 Å². The molecule has 1 saturated heterocycles. The molecule has 250 valence electrons. The predicted molar refractivity (Wildman–Crippen MR) is 180 cm³/mol. The topological polar surface area (TPSA) is 98.4 Å². The van der Waals surface area contributed by atoms with Crippen LogP contribution < -0.4 is 9.64 Å². The molecule has 3 aliphatic rings. The van der Waals surface area contributed by atoms with Crippen molar-refractivity contribution in [2.75, 3.05) is 24.6 Å². The third kappa shape index (κ3) is 7.13. The fourth-order valence-electron chi connectivity index (χ4n) is 6.60. The van der Waals surface area contributed by atoms with Crippen LogP contribution in [0, 0.1) is 12.7 Å². The van der Waals surface area contributed by atoms with E-state index in [1.54, 1.807) is 10.6 Å². The van der Waals surface area contributed by atoms with Crippen LogP contribution in [0.25, 0.3) is 28.0 Å². The normalized spacial score (nSPS) is 21.3. The van der Waals surface area contributed by atoms with Gasteiger partial charge in [0.25, 0.3) is 0 Å². The number of rotatable bonds is 3. The fourth-order valence-corrected chi connectivity index (χ4v) is 6.60. The van der Waals surface area contributed by atoms with Crippen molar-refractivity contribution in [3.63, 3.8) is 0 Å². The number of halogens is 1. The van der Waals surface area contributed by atoms with Gasteiger partial charge in [-0.3, -0.25) is 0 Å². The van der Waals surface area contributed by atoms with Crippen LogP contribution in [0.4, 0.5) is 10.2 Å². The lowest BCUT2D eigenvalue weighted by Crippen LogP contribution is -2.46. The maximum absolute atomic E-state index is 14.5. The first-order valence-corrected chi connectivity index (χ1v) is 16.6. The average Bonchev–Trinajstić information content (AvgIpc) is 3.43. The van der Waals surface area contributed by atoms with Gasteiger partial charge < -0.3 is 24.2 Å². The summed E-state index contributed by atoms with van der Waals surface area (Å²) in [5.41, 5.74) is 3.85. The number of carbonyl (C=O) groups is 1. The number of hydrogen-bond acceptors (Lipinski definition) is 7. The molecule has 1 N–H and O–H groups in total. The molecule has 7 rings (SSSR count). The molecule has 10 heteroatoms. The summed E-state index contributed by atoms with van der Waals surface area (Å²) >= 11 is 0. The maximum atomic E-state index is 14.5. The molecule has 47 heavy (non-hydrogen) atoms. The van der Waals surface area contributed by atoms with Gasteiger partial charge in [-0.1, -0.05) is 18.2 Å². The molecular weight excluding hydrogens is 599 g/mol. The molecule has 0 aliphatic carbocycles. The SMILES string of the molecule is Cc1nc2cc3nn2c(c1C(OC(C)(C)C)C(=O)O)N1CCC(C)(CC1)OCCCCC(C)Oc1cc(F)ccc1-c1cccc-3c1. The fraction of sp³-hybridized carbons (Fsp3) is 0.486. The van der Waals surface area contributed by atoms with E-state index in [1.807, 2.05) is 65.0 Å². The van der Waals surface area contributed by atoms with Gasteiger partial charge in [0.15, 0.2) is 11.8 Å². The van der Waals surface area contributed by atoms with Crippen molar-refractivity contribution in [1.29, 1.82) is 0 Å². The number of aryl methyl sites for hydroxylation is 1. The Kier molecular flexibility index (Phi) is 9.02. The highest BCUT2D eigenvalue weighted by atomic mass is 19.1. The molecular formula is C37H45FN4O5. The van der Waals surface area contributed by atoms with Crippen molar-refractivity contribution < 1.29 is 28.5 Å². The zero-order valence-electron chi connectivity index (χ0n) is 28.2. The van der Waals surface area contributed by atoms with E-state index in [0.717, 1.165) is 48.8 Å². The lowest BCUT2D eigenvalue weighted by atomic mass is 9.92. The van der Waals surface area contributed by atoms with Crippen LogP contribution in [0.1, 0.15) is 84.1 Å². The van der Waals surface area contributed by atoms with Crippen molar-refractivity contribution >= 4 is 17.4 Å². The van der Waals surface area contributed by atoms with Crippen molar-refractivity contribution in [3.05, 3.63) is 65.6 Å². The molecule has 0 saturated carbocycles. The molecule has 3 aliphatic heterocycles. The standard InChI is InChI=1S/C37H45FN4O5/c1-23-10-7-8-19-45-37(6)15-17-41(18-16-37)34-32(33(35(43)44)47-36(3,4)5)24(2)39-31-22-29(40-42(31)34)26-12-9-11-25(20-26)28-14-13-27(38)21-30(28)46-23/h9,11-14,20-23,33H,7-8,10,15-19H2,1-6H3,(H,43,44). The zero-order chi connectivity index (χ0) is 33.5. The van der Waals surface area contributed by atoms with Crippen molar-refractivity contribution in [2.24, 2.45) is 0 Å². The number of nitrogens with zero attached hydrogens (tertiary/aromatic N) is 4. The first-order chi connectivity index (χ1) is 22.3. The highest BCUT2D eigenvalue weighted by Gasteiger charge is 2.38. The summed E-state index contributed by atoms with van der Waals surface area (Å²) in [7, 11) is 0. The highest BCUT2D eigenvalue weighted by molar-refractivity contribution is 5.80. The summed E-state index contributed by atoms with van der Waals surface area (Å²) in [6.45, 7) is 13.5. The Morgan fingerprint density at radius 2 is 1.85 bits per heavy atom. The van der Waals surface area contributed by atoms with Crippen molar-refractivity contribution in [3.8, 4) is 28.1 Å². The first kappa shape index (κ1) is 32.9. The first-order valence-electron chi connectivity index (χ1n) is 16.6. The Balaban J connectivity index is 1.53. The van der Waals surface area contributed by atoms with Gasteiger partial charge in [-0.15, -0.1) is 0 Å². The Morgan fingerprint density at radius 1 is 1.11 bits per heavy atom. The number of carboxylic acid groups (broad SMARTS) is 1. The molecule has 2 aromatic carbocycles. The summed E-state index contributed by atoms with van der Waals surface area (Å²) in [4.78, 5) is 19.9. The second-order valence-corrected chi connectivity index (χ2v) is 14.1. The minimum absolute atomic E-state index is 0.0968. The van der Waals surface area contributed by atoms with Gasteiger partial charge in [0.1, 0.15) is 17.4 Å².